The zero-order valence-corrected chi connectivity index (χ0v) is 8.38. The molecule has 0 aromatic carbocycles. The minimum absolute atomic E-state index is 0.0825. The highest BCUT2D eigenvalue weighted by molar-refractivity contribution is 4.97. The van der Waals surface area contributed by atoms with Crippen LogP contribution in [0.15, 0.2) is 0 Å². The third kappa shape index (κ3) is 2.22. The summed E-state index contributed by atoms with van der Waals surface area (Å²) in [7, 11) is 0. The molecule has 3 N–H and O–H groups in total. The number of nitrogens with two attached hydrogens (primary N) is 1. The minimum Gasteiger partial charge on any atom is -0.379 e. The van der Waals surface area contributed by atoms with Crippen molar-refractivity contribution in [2.24, 2.45) is 11.7 Å². The van der Waals surface area contributed by atoms with Crippen LogP contribution < -0.4 is 11.1 Å². The first-order valence-electron chi connectivity index (χ1n) is 5.33. The van der Waals surface area contributed by atoms with Crippen LogP contribution in [-0.2, 0) is 4.74 Å². The van der Waals surface area contributed by atoms with Gasteiger partial charge >= 0.3 is 0 Å². The Balaban J connectivity index is 1.67. The quantitative estimate of drug-likeness (QED) is 0.668. The average molecular weight is 184 g/mol. The van der Waals surface area contributed by atoms with Crippen molar-refractivity contribution < 1.29 is 4.74 Å². The second kappa shape index (κ2) is 3.56. The fourth-order valence-corrected chi connectivity index (χ4v) is 2.05. The predicted molar refractivity (Wildman–Crippen MR) is 52.5 cm³/mol. The van der Waals surface area contributed by atoms with Crippen LogP contribution in [-0.4, -0.2) is 31.3 Å². The molecule has 1 aliphatic carbocycles. The maximum Gasteiger partial charge on any atom is 0.0659 e. The highest BCUT2D eigenvalue weighted by Gasteiger charge is 2.38. The second-order valence-electron chi connectivity index (χ2n) is 4.56. The standard InChI is InChI=1S/C10H20N2O/c1-2-8-5-9(8)12-6-10(11)3-4-13-7-10/h8-9,12H,2-7,11H2,1H3. The van der Waals surface area contributed by atoms with Gasteiger partial charge in [-0.15, -0.1) is 0 Å². The molecule has 0 aromatic rings. The summed E-state index contributed by atoms with van der Waals surface area (Å²) in [4.78, 5) is 0. The lowest BCUT2D eigenvalue weighted by molar-refractivity contribution is 0.177. The van der Waals surface area contributed by atoms with Crippen LogP contribution >= 0.6 is 0 Å². The van der Waals surface area contributed by atoms with Crippen molar-refractivity contribution in [3.05, 3.63) is 0 Å². The molecule has 76 valence electrons. The van der Waals surface area contributed by atoms with Crippen LogP contribution in [0.25, 0.3) is 0 Å². The molecule has 13 heavy (non-hydrogen) atoms. The number of ether oxygens (including phenoxy) is 1. The van der Waals surface area contributed by atoms with Crippen LogP contribution in [0.4, 0.5) is 0 Å². The predicted octanol–water partition coefficient (Wildman–Crippen LogP) is 0.492. The molecule has 3 unspecified atom stereocenters. The molecule has 2 fully saturated rings. The molecule has 1 saturated carbocycles. The minimum atomic E-state index is -0.0825. The van der Waals surface area contributed by atoms with Crippen molar-refractivity contribution in [1.29, 1.82) is 0 Å². The van der Waals surface area contributed by atoms with Crippen LogP contribution in [0, 0.1) is 5.92 Å². The van der Waals surface area contributed by atoms with E-state index in [0.717, 1.165) is 38.1 Å². The summed E-state index contributed by atoms with van der Waals surface area (Å²) in [5.41, 5.74) is 6.05. The molecule has 0 radical (unpaired) electrons. The SMILES string of the molecule is CCC1CC1NCC1(N)CCOC1. The van der Waals surface area contributed by atoms with Crippen molar-refractivity contribution in [1.82, 2.24) is 5.32 Å². The van der Waals surface area contributed by atoms with Gasteiger partial charge in [0, 0.05) is 19.2 Å². The van der Waals surface area contributed by atoms with Crippen LogP contribution in [0.5, 0.6) is 0 Å². The molecule has 1 saturated heterocycles. The highest BCUT2D eigenvalue weighted by Crippen LogP contribution is 2.33. The van der Waals surface area contributed by atoms with Crippen molar-refractivity contribution in [2.45, 2.75) is 37.8 Å². The molecule has 3 heteroatoms. The van der Waals surface area contributed by atoms with Crippen LogP contribution in [0.2, 0.25) is 0 Å². The molecule has 2 rings (SSSR count). The van der Waals surface area contributed by atoms with Crippen molar-refractivity contribution >= 4 is 0 Å². The normalized spacial score (nSPS) is 43.8. The van der Waals surface area contributed by atoms with E-state index >= 15 is 0 Å². The third-order valence-corrected chi connectivity index (χ3v) is 3.30. The molecule has 0 aromatic heterocycles. The van der Waals surface area contributed by atoms with Gasteiger partial charge in [0.15, 0.2) is 0 Å². The summed E-state index contributed by atoms with van der Waals surface area (Å²) in [6.07, 6.45) is 3.64. The maximum atomic E-state index is 6.13. The van der Waals surface area contributed by atoms with Gasteiger partial charge in [0.1, 0.15) is 0 Å². The van der Waals surface area contributed by atoms with E-state index in [9.17, 15) is 0 Å². The first kappa shape index (κ1) is 9.44. The van der Waals surface area contributed by atoms with Gasteiger partial charge in [-0.1, -0.05) is 13.3 Å². The fraction of sp³-hybridized carbons (Fsp3) is 1.00. The molecule has 3 atom stereocenters. The molecule has 0 amide bonds. The van der Waals surface area contributed by atoms with E-state index in [1.54, 1.807) is 0 Å². The topological polar surface area (TPSA) is 47.3 Å². The summed E-state index contributed by atoms with van der Waals surface area (Å²) in [6.45, 7) is 4.74. The molecule has 2 aliphatic rings. The Labute approximate surface area is 80.0 Å². The largest absolute Gasteiger partial charge is 0.379 e. The Morgan fingerprint density at radius 3 is 3.00 bits per heavy atom. The van der Waals surface area contributed by atoms with E-state index in [-0.39, 0.29) is 5.54 Å². The van der Waals surface area contributed by atoms with E-state index < -0.39 is 0 Å². The first-order valence-corrected chi connectivity index (χ1v) is 5.33. The van der Waals surface area contributed by atoms with Gasteiger partial charge in [-0.3, -0.25) is 0 Å². The van der Waals surface area contributed by atoms with Crippen molar-refractivity contribution in [2.75, 3.05) is 19.8 Å². The van der Waals surface area contributed by atoms with Gasteiger partial charge in [-0.2, -0.15) is 0 Å². The summed E-state index contributed by atoms with van der Waals surface area (Å²) in [5.74, 6) is 0.908. The van der Waals surface area contributed by atoms with Gasteiger partial charge in [0.2, 0.25) is 0 Å². The molecular formula is C10H20N2O. The molecule has 3 nitrogen and oxygen atoms in total. The van der Waals surface area contributed by atoms with Gasteiger partial charge in [0.05, 0.1) is 12.1 Å². The maximum absolute atomic E-state index is 6.13. The summed E-state index contributed by atoms with van der Waals surface area (Å²) in [5, 5.41) is 3.54. The van der Waals surface area contributed by atoms with E-state index in [2.05, 4.69) is 12.2 Å². The van der Waals surface area contributed by atoms with E-state index in [1.165, 1.54) is 12.8 Å². The van der Waals surface area contributed by atoms with Gasteiger partial charge in [-0.05, 0) is 18.8 Å². The van der Waals surface area contributed by atoms with Gasteiger partial charge in [0.25, 0.3) is 0 Å². The van der Waals surface area contributed by atoms with E-state index in [4.69, 9.17) is 10.5 Å². The van der Waals surface area contributed by atoms with Crippen molar-refractivity contribution in [3.8, 4) is 0 Å². The van der Waals surface area contributed by atoms with E-state index in [0.29, 0.717) is 0 Å². The summed E-state index contributed by atoms with van der Waals surface area (Å²) >= 11 is 0. The Kier molecular flexibility index (Phi) is 2.58. The smallest absolute Gasteiger partial charge is 0.0659 e. The lowest BCUT2D eigenvalue weighted by atomic mass is 10.0. The third-order valence-electron chi connectivity index (χ3n) is 3.30. The lowest BCUT2D eigenvalue weighted by Gasteiger charge is -2.22. The number of hydrogen-bond donors (Lipinski definition) is 2. The number of nitrogens with one attached hydrogen (secondary N) is 1. The zero-order valence-electron chi connectivity index (χ0n) is 8.38. The molecule has 0 bridgehead atoms. The van der Waals surface area contributed by atoms with Crippen molar-refractivity contribution in [3.63, 3.8) is 0 Å². The fourth-order valence-electron chi connectivity index (χ4n) is 2.05. The monoisotopic (exact) mass is 184 g/mol. The van der Waals surface area contributed by atoms with Gasteiger partial charge in [-0.25, -0.2) is 0 Å². The molecule has 0 spiro atoms. The molecule has 1 aliphatic heterocycles. The van der Waals surface area contributed by atoms with Crippen LogP contribution in [0.3, 0.4) is 0 Å². The number of rotatable bonds is 4. The Hall–Kier alpha value is -0.120. The summed E-state index contributed by atoms with van der Waals surface area (Å²) in [6, 6.07) is 0.742. The molecule has 1 heterocycles. The highest BCUT2D eigenvalue weighted by atomic mass is 16.5. The second-order valence-corrected chi connectivity index (χ2v) is 4.56. The Bertz CT molecular complexity index is 178. The zero-order chi connectivity index (χ0) is 9.31. The van der Waals surface area contributed by atoms with E-state index in [1.807, 2.05) is 0 Å². The van der Waals surface area contributed by atoms with Gasteiger partial charge < -0.3 is 15.8 Å². The average Bonchev–Trinajstić information content (AvgIpc) is 2.78. The lowest BCUT2D eigenvalue weighted by Crippen LogP contribution is -2.50. The molecular weight excluding hydrogens is 164 g/mol. The van der Waals surface area contributed by atoms with Crippen LogP contribution in [0.1, 0.15) is 26.2 Å². The summed E-state index contributed by atoms with van der Waals surface area (Å²) < 4.78 is 5.30. The Morgan fingerprint density at radius 1 is 1.62 bits per heavy atom. The first-order chi connectivity index (χ1) is 6.23. The Morgan fingerprint density at radius 2 is 2.46 bits per heavy atom. The number of hydrogen-bond acceptors (Lipinski definition) is 3.